The summed E-state index contributed by atoms with van der Waals surface area (Å²) in [5.74, 6) is -15.0. The highest BCUT2D eigenvalue weighted by Gasteiger charge is 2.73. The van der Waals surface area contributed by atoms with E-state index in [1.807, 2.05) is 0 Å². The lowest BCUT2D eigenvalue weighted by Gasteiger charge is -2.28. The highest BCUT2D eigenvalue weighted by atomic mass is 19.4. The van der Waals surface area contributed by atoms with Crippen LogP contribution in [0.2, 0.25) is 0 Å². The summed E-state index contributed by atoms with van der Waals surface area (Å²) in [6.45, 7) is 2.40. The summed E-state index contributed by atoms with van der Waals surface area (Å²) in [6.07, 6.45) is -12.6. The van der Waals surface area contributed by atoms with Crippen molar-refractivity contribution in [3.05, 3.63) is 11.7 Å². The minimum atomic E-state index is -6.67. The third kappa shape index (κ3) is 4.80. The fraction of sp³-hybridized carbons (Fsp3) is 0.727. The van der Waals surface area contributed by atoms with Crippen molar-refractivity contribution in [1.29, 1.82) is 0 Å². The number of esters is 1. The van der Waals surface area contributed by atoms with Gasteiger partial charge in [-0.15, -0.1) is 0 Å². The Morgan fingerprint density at radius 2 is 1.45 bits per heavy atom. The van der Waals surface area contributed by atoms with E-state index < -0.39 is 54.6 Å². The number of carbonyl (C=O) groups excluding carboxylic acids is 1. The van der Waals surface area contributed by atoms with E-state index in [1.54, 1.807) is 0 Å². The van der Waals surface area contributed by atoms with Crippen LogP contribution < -0.4 is 0 Å². The van der Waals surface area contributed by atoms with Gasteiger partial charge in [-0.3, -0.25) is 0 Å². The largest absolute Gasteiger partial charge is 0.462 e. The summed E-state index contributed by atoms with van der Waals surface area (Å²) < 4.78 is 116. The first-order chi connectivity index (χ1) is 9.63. The van der Waals surface area contributed by atoms with Crippen molar-refractivity contribution >= 4 is 5.97 Å². The van der Waals surface area contributed by atoms with E-state index in [0.29, 0.717) is 0 Å². The molecule has 0 unspecified atom stereocenters. The fourth-order valence-corrected chi connectivity index (χ4v) is 1.09. The van der Waals surface area contributed by atoms with Crippen LogP contribution in [0.3, 0.4) is 0 Å². The van der Waals surface area contributed by atoms with Crippen LogP contribution in [-0.4, -0.2) is 30.6 Å². The average Bonchev–Trinajstić information content (AvgIpc) is 2.31. The highest BCUT2D eigenvalue weighted by molar-refractivity contribution is 5.88. The van der Waals surface area contributed by atoms with Crippen LogP contribution in [0, 0.1) is 5.92 Å². The predicted octanol–water partition coefficient (Wildman–Crippen LogP) is 4.56. The molecule has 2 nitrogen and oxygen atoms in total. The van der Waals surface area contributed by atoms with E-state index >= 15 is 0 Å². The molecule has 0 aliphatic carbocycles. The van der Waals surface area contributed by atoms with Gasteiger partial charge in [-0.1, -0.05) is 13.8 Å². The molecule has 11 heteroatoms. The van der Waals surface area contributed by atoms with Gasteiger partial charge in [0.25, 0.3) is 6.08 Å². The second kappa shape index (κ2) is 6.78. The van der Waals surface area contributed by atoms with Gasteiger partial charge in [-0.25, -0.2) is 4.79 Å². The molecule has 0 aliphatic heterocycles. The van der Waals surface area contributed by atoms with Crippen LogP contribution in [-0.2, 0) is 9.53 Å². The van der Waals surface area contributed by atoms with Crippen LogP contribution >= 0.6 is 0 Å². The van der Waals surface area contributed by atoms with Gasteiger partial charge < -0.3 is 4.74 Å². The Morgan fingerprint density at radius 1 is 1.00 bits per heavy atom. The highest BCUT2D eigenvalue weighted by Crippen LogP contribution is 2.49. The second-order valence-corrected chi connectivity index (χ2v) is 4.68. The van der Waals surface area contributed by atoms with Gasteiger partial charge in [-0.05, 0) is 5.92 Å². The summed E-state index contributed by atoms with van der Waals surface area (Å²) in [5, 5.41) is 0. The van der Waals surface area contributed by atoms with E-state index in [1.165, 1.54) is 13.8 Å². The fourth-order valence-electron chi connectivity index (χ4n) is 1.09. The SMILES string of the molecule is CC(C)COC(=O)C(CC(F)(F)C(F)(F)C(F)(F)F)=C(F)F. The molecule has 0 atom stereocenters. The molecular weight excluding hydrogens is 335 g/mol. The molecule has 0 aromatic rings. The zero-order valence-corrected chi connectivity index (χ0v) is 11.2. The molecule has 0 heterocycles. The molecule has 0 saturated carbocycles. The van der Waals surface area contributed by atoms with Crippen LogP contribution in [0.15, 0.2) is 11.7 Å². The van der Waals surface area contributed by atoms with Crippen molar-refractivity contribution in [3.63, 3.8) is 0 Å². The Hall–Kier alpha value is -1.42. The van der Waals surface area contributed by atoms with Crippen molar-refractivity contribution in [2.24, 2.45) is 5.92 Å². The van der Waals surface area contributed by atoms with Gasteiger partial charge in [-0.2, -0.15) is 39.5 Å². The van der Waals surface area contributed by atoms with E-state index in [0.717, 1.165) is 0 Å². The first-order valence-corrected chi connectivity index (χ1v) is 5.67. The molecule has 0 aliphatic rings. The predicted molar refractivity (Wildman–Crippen MR) is 55.6 cm³/mol. The van der Waals surface area contributed by atoms with E-state index in [4.69, 9.17) is 0 Å². The summed E-state index contributed by atoms with van der Waals surface area (Å²) in [6, 6.07) is 0. The molecule has 0 bridgehead atoms. The third-order valence-electron chi connectivity index (χ3n) is 2.24. The van der Waals surface area contributed by atoms with Gasteiger partial charge in [0.15, 0.2) is 0 Å². The van der Waals surface area contributed by atoms with Crippen molar-refractivity contribution in [1.82, 2.24) is 0 Å². The lowest BCUT2D eigenvalue weighted by atomic mass is 10.0. The molecule has 0 spiro atoms. The third-order valence-corrected chi connectivity index (χ3v) is 2.24. The Morgan fingerprint density at radius 3 is 1.77 bits per heavy atom. The Labute approximate surface area is 118 Å². The number of carbonyl (C=O) groups is 1. The lowest BCUT2D eigenvalue weighted by Crippen LogP contribution is -2.52. The van der Waals surface area contributed by atoms with Crippen molar-refractivity contribution in [3.8, 4) is 0 Å². The van der Waals surface area contributed by atoms with Gasteiger partial charge >= 0.3 is 24.0 Å². The molecule has 130 valence electrons. The monoisotopic (exact) mass is 346 g/mol. The Kier molecular flexibility index (Phi) is 6.34. The topological polar surface area (TPSA) is 26.3 Å². The molecular formula is C11H11F9O2. The molecule has 0 N–H and O–H groups in total. The number of hydrogen-bond donors (Lipinski definition) is 0. The minimum Gasteiger partial charge on any atom is -0.462 e. The average molecular weight is 346 g/mol. The van der Waals surface area contributed by atoms with Gasteiger partial charge in [0.1, 0.15) is 5.57 Å². The first-order valence-electron chi connectivity index (χ1n) is 5.67. The molecule has 0 fully saturated rings. The molecule has 0 saturated heterocycles. The minimum absolute atomic E-state index is 0.398. The number of rotatable bonds is 6. The van der Waals surface area contributed by atoms with E-state index in [-0.39, 0.29) is 0 Å². The van der Waals surface area contributed by atoms with Crippen molar-refractivity contribution in [2.45, 2.75) is 38.3 Å². The molecule has 22 heavy (non-hydrogen) atoms. The smallest absolute Gasteiger partial charge is 0.459 e. The van der Waals surface area contributed by atoms with E-state index in [2.05, 4.69) is 4.74 Å². The maximum atomic E-state index is 13.0. The van der Waals surface area contributed by atoms with Crippen LogP contribution in [0.4, 0.5) is 39.5 Å². The zero-order chi connectivity index (χ0) is 17.9. The summed E-state index contributed by atoms with van der Waals surface area (Å²) in [4.78, 5) is 11.1. The first kappa shape index (κ1) is 20.6. The lowest BCUT2D eigenvalue weighted by molar-refractivity contribution is -0.354. The van der Waals surface area contributed by atoms with Crippen LogP contribution in [0.1, 0.15) is 20.3 Å². The standard InChI is InChI=1S/C11H11F9O2/c1-5(2)4-22-8(21)6(7(12)13)3-9(14,15)10(16,17)11(18,19)20/h5H,3-4H2,1-2H3. The normalized spacial score (nSPS) is 13.3. The summed E-state index contributed by atoms with van der Waals surface area (Å²) >= 11 is 0. The molecule has 0 aromatic heterocycles. The summed E-state index contributed by atoms with van der Waals surface area (Å²) in [5.41, 5.74) is -2.23. The number of hydrogen-bond acceptors (Lipinski definition) is 2. The van der Waals surface area contributed by atoms with Gasteiger partial charge in [0.05, 0.1) is 13.0 Å². The molecule has 0 rings (SSSR count). The van der Waals surface area contributed by atoms with Gasteiger partial charge in [0, 0.05) is 0 Å². The second-order valence-electron chi connectivity index (χ2n) is 4.68. The number of alkyl halides is 7. The van der Waals surface area contributed by atoms with E-state index in [9.17, 15) is 44.3 Å². The zero-order valence-electron chi connectivity index (χ0n) is 11.2. The van der Waals surface area contributed by atoms with Crippen molar-refractivity contribution in [2.75, 3.05) is 6.61 Å². The Balaban J connectivity index is 5.37. The van der Waals surface area contributed by atoms with Gasteiger partial charge in [0.2, 0.25) is 0 Å². The Bertz CT molecular complexity index is 433. The van der Waals surface area contributed by atoms with Crippen LogP contribution in [0.5, 0.6) is 0 Å². The van der Waals surface area contributed by atoms with Crippen molar-refractivity contribution < 1.29 is 49.0 Å². The number of ether oxygens (including phenoxy) is 1. The maximum Gasteiger partial charge on any atom is 0.459 e. The quantitative estimate of drug-likeness (QED) is 0.400. The maximum absolute atomic E-state index is 13.0. The summed E-state index contributed by atoms with van der Waals surface area (Å²) in [7, 11) is 0. The van der Waals surface area contributed by atoms with Crippen LogP contribution in [0.25, 0.3) is 0 Å². The molecule has 0 aromatic carbocycles. The number of halogens is 9. The molecule has 0 radical (unpaired) electrons. The molecule has 0 amide bonds.